The van der Waals surface area contributed by atoms with Crippen LogP contribution in [0.25, 0.3) is 0 Å². The quantitative estimate of drug-likeness (QED) is 0.178. The SMILES string of the molecule is O=C(c1ccc(Br)cc1)c1ccc(Oc2ccc(I)cc2)c([N+](=O)[O-])c1. The third kappa shape index (κ3) is 4.28. The van der Waals surface area contributed by atoms with Crippen LogP contribution in [0.5, 0.6) is 11.5 Å². The Bertz CT molecular complexity index is 972. The molecule has 0 atom stereocenters. The van der Waals surface area contributed by atoms with Crippen LogP contribution in [-0.4, -0.2) is 10.7 Å². The van der Waals surface area contributed by atoms with Crippen molar-refractivity contribution in [1.82, 2.24) is 0 Å². The molecule has 0 amide bonds. The average Bonchev–Trinajstić information content (AvgIpc) is 2.64. The summed E-state index contributed by atoms with van der Waals surface area (Å²) in [7, 11) is 0. The molecule has 0 aliphatic carbocycles. The lowest BCUT2D eigenvalue weighted by Crippen LogP contribution is -2.03. The molecule has 0 N–H and O–H groups in total. The molecule has 3 aromatic carbocycles. The van der Waals surface area contributed by atoms with E-state index in [0.29, 0.717) is 11.3 Å². The van der Waals surface area contributed by atoms with E-state index in [9.17, 15) is 14.9 Å². The third-order valence-corrected chi connectivity index (χ3v) is 4.81. The summed E-state index contributed by atoms with van der Waals surface area (Å²) in [5, 5.41) is 11.4. The molecule has 26 heavy (non-hydrogen) atoms. The predicted octanol–water partition coefficient (Wildman–Crippen LogP) is 5.99. The van der Waals surface area contributed by atoms with Crippen molar-refractivity contribution >= 4 is 50.0 Å². The van der Waals surface area contributed by atoms with Crippen LogP contribution in [-0.2, 0) is 0 Å². The molecule has 0 aliphatic heterocycles. The number of hydrogen-bond donors (Lipinski definition) is 0. The van der Waals surface area contributed by atoms with Crippen LogP contribution in [0.4, 0.5) is 5.69 Å². The van der Waals surface area contributed by atoms with Crippen molar-refractivity contribution in [3.63, 3.8) is 0 Å². The lowest BCUT2D eigenvalue weighted by Gasteiger charge is -2.08. The van der Waals surface area contributed by atoms with Gasteiger partial charge in [0.05, 0.1) is 4.92 Å². The van der Waals surface area contributed by atoms with Gasteiger partial charge in [-0.2, -0.15) is 0 Å². The van der Waals surface area contributed by atoms with Crippen LogP contribution in [0, 0.1) is 13.7 Å². The van der Waals surface area contributed by atoms with E-state index in [0.717, 1.165) is 8.04 Å². The average molecular weight is 524 g/mol. The monoisotopic (exact) mass is 523 g/mol. The first-order valence-electron chi connectivity index (χ1n) is 7.46. The number of benzene rings is 3. The maximum absolute atomic E-state index is 12.6. The van der Waals surface area contributed by atoms with E-state index in [-0.39, 0.29) is 22.8 Å². The highest BCUT2D eigenvalue weighted by Crippen LogP contribution is 2.33. The Hall–Kier alpha value is -2.26. The van der Waals surface area contributed by atoms with Gasteiger partial charge in [-0.25, -0.2) is 0 Å². The predicted molar refractivity (Wildman–Crippen MR) is 110 cm³/mol. The summed E-state index contributed by atoms with van der Waals surface area (Å²) in [4.78, 5) is 23.4. The molecule has 0 saturated carbocycles. The molecule has 3 aromatic rings. The molecule has 0 radical (unpaired) electrons. The van der Waals surface area contributed by atoms with Crippen molar-refractivity contribution in [2.45, 2.75) is 0 Å². The molecule has 0 bridgehead atoms. The number of ether oxygens (including phenoxy) is 1. The fraction of sp³-hybridized carbons (Fsp3) is 0. The molecule has 130 valence electrons. The lowest BCUT2D eigenvalue weighted by atomic mass is 10.0. The Morgan fingerprint density at radius 2 is 1.58 bits per heavy atom. The second-order valence-electron chi connectivity index (χ2n) is 5.33. The second-order valence-corrected chi connectivity index (χ2v) is 7.49. The number of carbonyl (C=O) groups is 1. The number of carbonyl (C=O) groups excluding carboxylic acids is 1. The van der Waals surface area contributed by atoms with Crippen molar-refractivity contribution < 1.29 is 14.5 Å². The molecule has 3 rings (SSSR count). The Morgan fingerprint density at radius 1 is 0.962 bits per heavy atom. The maximum Gasteiger partial charge on any atom is 0.312 e. The lowest BCUT2D eigenvalue weighted by molar-refractivity contribution is -0.385. The Morgan fingerprint density at radius 3 is 2.19 bits per heavy atom. The number of nitrogens with zero attached hydrogens (tertiary/aromatic N) is 1. The summed E-state index contributed by atoms with van der Waals surface area (Å²) in [5.41, 5.74) is 0.425. The van der Waals surface area contributed by atoms with Gasteiger partial charge in [-0.1, -0.05) is 15.9 Å². The van der Waals surface area contributed by atoms with E-state index < -0.39 is 4.92 Å². The summed E-state index contributed by atoms with van der Waals surface area (Å²) in [6.45, 7) is 0. The summed E-state index contributed by atoms with van der Waals surface area (Å²) in [6.07, 6.45) is 0. The van der Waals surface area contributed by atoms with Crippen molar-refractivity contribution in [2.24, 2.45) is 0 Å². The van der Waals surface area contributed by atoms with Crippen LogP contribution in [0.15, 0.2) is 71.2 Å². The van der Waals surface area contributed by atoms with Crippen LogP contribution < -0.4 is 4.74 Å². The molecule has 0 aromatic heterocycles. The van der Waals surface area contributed by atoms with Crippen LogP contribution in [0.2, 0.25) is 0 Å². The molecular formula is C19H11BrINO4. The number of rotatable bonds is 5. The van der Waals surface area contributed by atoms with Crippen LogP contribution >= 0.6 is 38.5 Å². The van der Waals surface area contributed by atoms with Gasteiger partial charge in [0.1, 0.15) is 5.75 Å². The van der Waals surface area contributed by atoms with E-state index in [1.54, 1.807) is 36.4 Å². The van der Waals surface area contributed by atoms with Gasteiger partial charge in [-0.3, -0.25) is 14.9 Å². The molecule has 0 unspecified atom stereocenters. The summed E-state index contributed by atoms with van der Waals surface area (Å²) in [5.74, 6) is 0.283. The van der Waals surface area contributed by atoms with Gasteiger partial charge < -0.3 is 4.74 Å². The summed E-state index contributed by atoms with van der Waals surface area (Å²) < 4.78 is 7.50. The largest absolute Gasteiger partial charge is 0.450 e. The number of nitro benzene ring substituents is 1. The van der Waals surface area contributed by atoms with Gasteiger partial charge in [-0.15, -0.1) is 0 Å². The van der Waals surface area contributed by atoms with Gasteiger partial charge in [0.25, 0.3) is 0 Å². The molecule has 0 saturated heterocycles. The van der Waals surface area contributed by atoms with E-state index in [4.69, 9.17) is 4.74 Å². The number of halogens is 2. The number of hydrogen-bond acceptors (Lipinski definition) is 4. The zero-order valence-electron chi connectivity index (χ0n) is 13.2. The highest BCUT2D eigenvalue weighted by atomic mass is 127. The first-order chi connectivity index (χ1) is 12.4. The van der Waals surface area contributed by atoms with Crippen molar-refractivity contribution in [3.8, 4) is 11.5 Å². The van der Waals surface area contributed by atoms with Crippen molar-refractivity contribution in [1.29, 1.82) is 0 Å². The smallest absolute Gasteiger partial charge is 0.312 e. The summed E-state index contributed by atoms with van der Waals surface area (Å²) in [6, 6.07) is 18.2. The fourth-order valence-electron chi connectivity index (χ4n) is 2.29. The number of ketones is 1. The Kier molecular flexibility index (Phi) is 5.67. The van der Waals surface area contributed by atoms with Crippen LogP contribution in [0.3, 0.4) is 0 Å². The van der Waals surface area contributed by atoms with E-state index >= 15 is 0 Å². The molecule has 7 heteroatoms. The first kappa shape index (κ1) is 18.5. The fourth-order valence-corrected chi connectivity index (χ4v) is 2.91. The maximum atomic E-state index is 12.6. The van der Waals surface area contributed by atoms with Gasteiger partial charge in [0.2, 0.25) is 5.75 Å². The number of nitro groups is 1. The highest BCUT2D eigenvalue weighted by Gasteiger charge is 2.20. The third-order valence-electron chi connectivity index (χ3n) is 3.57. The molecule has 0 aliphatic rings. The molecule has 0 fully saturated rings. The van der Waals surface area contributed by atoms with Gasteiger partial charge in [-0.05, 0) is 83.3 Å². The minimum absolute atomic E-state index is 0.0866. The van der Waals surface area contributed by atoms with Gasteiger partial charge >= 0.3 is 5.69 Å². The normalized spacial score (nSPS) is 10.4. The van der Waals surface area contributed by atoms with E-state index in [1.165, 1.54) is 18.2 Å². The minimum atomic E-state index is -0.555. The highest BCUT2D eigenvalue weighted by molar-refractivity contribution is 14.1. The molecule has 0 heterocycles. The van der Waals surface area contributed by atoms with Gasteiger partial charge in [0.15, 0.2) is 5.78 Å². The first-order valence-corrected chi connectivity index (χ1v) is 9.33. The topological polar surface area (TPSA) is 69.4 Å². The van der Waals surface area contributed by atoms with Crippen molar-refractivity contribution in [2.75, 3.05) is 0 Å². The Balaban J connectivity index is 1.93. The zero-order chi connectivity index (χ0) is 18.7. The van der Waals surface area contributed by atoms with E-state index in [2.05, 4.69) is 38.5 Å². The second kappa shape index (κ2) is 7.96. The van der Waals surface area contributed by atoms with Crippen molar-refractivity contribution in [3.05, 3.63) is 96.0 Å². The van der Waals surface area contributed by atoms with Crippen LogP contribution in [0.1, 0.15) is 15.9 Å². The zero-order valence-corrected chi connectivity index (χ0v) is 16.9. The summed E-state index contributed by atoms with van der Waals surface area (Å²) >= 11 is 5.47. The van der Waals surface area contributed by atoms with Gasteiger partial charge in [0, 0.05) is 25.2 Å². The molecule has 0 spiro atoms. The minimum Gasteiger partial charge on any atom is -0.450 e. The standard InChI is InChI=1S/C19H11BrINO4/c20-14-4-1-12(2-5-14)19(23)13-3-10-18(17(11-13)22(24)25)26-16-8-6-15(21)7-9-16/h1-11H. The van der Waals surface area contributed by atoms with E-state index in [1.807, 2.05) is 12.1 Å². The molecule has 5 nitrogen and oxygen atoms in total. The Labute approximate surface area is 171 Å². The molecular weight excluding hydrogens is 513 g/mol.